The maximum atomic E-state index is 11.0. The molecule has 0 aromatic heterocycles. The third kappa shape index (κ3) is 3.82. The number of rotatable bonds is 5. The van der Waals surface area contributed by atoms with E-state index in [4.69, 9.17) is 5.10 Å². The highest BCUT2D eigenvalue weighted by Crippen LogP contribution is 2.37. The quantitative estimate of drug-likeness (QED) is 0.456. The van der Waals surface area contributed by atoms with Crippen molar-refractivity contribution in [3.05, 3.63) is 100 Å². The smallest absolute Gasteiger partial charge is 0.269 e. The number of anilines is 2. The van der Waals surface area contributed by atoms with Gasteiger partial charge in [-0.05, 0) is 35.4 Å². The van der Waals surface area contributed by atoms with Gasteiger partial charge in [0.2, 0.25) is 0 Å². The van der Waals surface area contributed by atoms with E-state index in [1.807, 2.05) is 37.3 Å². The van der Waals surface area contributed by atoms with Crippen LogP contribution in [0.2, 0.25) is 0 Å². The molecule has 146 valence electrons. The molecule has 1 aliphatic heterocycles. The van der Waals surface area contributed by atoms with Crippen molar-refractivity contribution in [3.8, 4) is 0 Å². The van der Waals surface area contributed by atoms with Crippen LogP contribution in [-0.4, -0.2) is 24.7 Å². The topological polar surface area (TPSA) is 62.0 Å². The average molecular weight is 386 g/mol. The summed E-state index contributed by atoms with van der Waals surface area (Å²) in [6.45, 7) is 0. The Balaban J connectivity index is 1.71. The van der Waals surface area contributed by atoms with E-state index >= 15 is 0 Å². The Kier molecular flexibility index (Phi) is 4.99. The van der Waals surface area contributed by atoms with Crippen molar-refractivity contribution in [3.63, 3.8) is 0 Å². The lowest BCUT2D eigenvalue weighted by Gasteiger charge is -2.24. The van der Waals surface area contributed by atoms with Crippen LogP contribution in [0.3, 0.4) is 0 Å². The molecule has 0 fully saturated rings. The first-order chi connectivity index (χ1) is 14.0. The van der Waals surface area contributed by atoms with Crippen LogP contribution in [0, 0.1) is 10.1 Å². The van der Waals surface area contributed by atoms with Crippen LogP contribution in [0.5, 0.6) is 0 Å². The number of hydrogen-bond acceptors (Lipinski definition) is 5. The van der Waals surface area contributed by atoms with Crippen molar-refractivity contribution in [2.45, 2.75) is 12.5 Å². The van der Waals surface area contributed by atoms with Gasteiger partial charge in [-0.3, -0.25) is 15.1 Å². The molecule has 4 rings (SSSR count). The summed E-state index contributed by atoms with van der Waals surface area (Å²) < 4.78 is 0. The van der Waals surface area contributed by atoms with E-state index in [-0.39, 0.29) is 16.7 Å². The molecule has 1 heterocycles. The number of nitrogens with zero attached hydrogens (tertiary/aromatic N) is 4. The van der Waals surface area contributed by atoms with Crippen LogP contribution in [0.25, 0.3) is 0 Å². The summed E-state index contributed by atoms with van der Waals surface area (Å²) in [4.78, 5) is 12.7. The molecule has 29 heavy (non-hydrogen) atoms. The number of hydrazone groups is 1. The van der Waals surface area contributed by atoms with Crippen molar-refractivity contribution < 1.29 is 4.92 Å². The Labute approximate surface area is 169 Å². The number of nitro groups is 1. The molecule has 0 saturated carbocycles. The molecule has 3 aromatic carbocycles. The van der Waals surface area contributed by atoms with Gasteiger partial charge in [-0.15, -0.1) is 0 Å². The van der Waals surface area contributed by atoms with Gasteiger partial charge < -0.3 is 4.90 Å². The molecule has 0 radical (unpaired) electrons. The number of benzene rings is 3. The Morgan fingerprint density at radius 3 is 2.21 bits per heavy atom. The highest BCUT2D eigenvalue weighted by atomic mass is 16.6. The summed E-state index contributed by atoms with van der Waals surface area (Å²) in [5.74, 6) is 0. The van der Waals surface area contributed by atoms with E-state index in [0.717, 1.165) is 34.6 Å². The number of non-ortho nitro benzene ring substituents is 1. The molecule has 0 bridgehead atoms. The van der Waals surface area contributed by atoms with Crippen LogP contribution in [0.15, 0.2) is 84.0 Å². The first kappa shape index (κ1) is 18.7. The molecular formula is C23H22N4O2. The van der Waals surface area contributed by atoms with Gasteiger partial charge in [-0.25, -0.2) is 0 Å². The summed E-state index contributed by atoms with van der Waals surface area (Å²) in [5, 5.41) is 17.9. The predicted octanol–water partition coefficient (Wildman–Crippen LogP) is 5.02. The second-order valence-electron chi connectivity index (χ2n) is 7.24. The summed E-state index contributed by atoms with van der Waals surface area (Å²) in [7, 11) is 4.04. The molecular weight excluding hydrogens is 364 g/mol. The monoisotopic (exact) mass is 386 g/mol. The third-order valence-corrected chi connectivity index (χ3v) is 5.14. The van der Waals surface area contributed by atoms with Gasteiger partial charge >= 0.3 is 0 Å². The normalized spacial score (nSPS) is 15.9. The Morgan fingerprint density at radius 2 is 1.62 bits per heavy atom. The molecule has 6 nitrogen and oxygen atoms in total. The predicted molar refractivity (Wildman–Crippen MR) is 117 cm³/mol. The van der Waals surface area contributed by atoms with E-state index in [2.05, 4.69) is 41.3 Å². The second kappa shape index (κ2) is 7.75. The Bertz CT molecular complexity index is 1030. The van der Waals surface area contributed by atoms with Crippen LogP contribution >= 0.6 is 0 Å². The average Bonchev–Trinajstić information content (AvgIpc) is 3.20. The van der Waals surface area contributed by atoms with Gasteiger partial charge in [0.1, 0.15) is 0 Å². The van der Waals surface area contributed by atoms with Crippen LogP contribution < -0.4 is 9.91 Å². The van der Waals surface area contributed by atoms with Crippen LogP contribution in [-0.2, 0) is 0 Å². The highest BCUT2D eigenvalue weighted by Gasteiger charge is 2.30. The van der Waals surface area contributed by atoms with Gasteiger partial charge in [0, 0.05) is 38.3 Å². The molecule has 6 heteroatoms. The largest absolute Gasteiger partial charge is 0.378 e. The maximum absolute atomic E-state index is 11.0. The molecule has 0 aliphatic carbocycles. The van der Waals surface area contributed by atoms with Gasteiger partial charge in [-0.1, -0.05) is 42.5 Å². The first-order valence-electron chi connectivity index (χ1n) is 9.47. The molecule has 0 saturated heterocycles. The van der Waals surface area contributed by atoms with Crippen molar-refractivity contribution in [1.82, 2.24) is 0 Å². The zero-order valence-electron chi connectivity index (χ0n) is 16.4. The molecule has 3 aromatic rings. The third-order valence-electron chi connectivity index (χ3n) is 5.14. The van der Waals surface area contributed by atoms with Crippen LogP contribution in [0.1, 0.15) is 23.6 Å². The van der Waals surface area contributed by atoms with E-state index in [9.17, 15) is 10.1 Å². The van der Waals surface area contributed by atoms with Crippen molar-refractivity contribution in [1.29, 1.82) is 0 Å². The van der Waals surface area contributed by atoms with E-state index < -0.39 is 0 Å². The lowest BCUT2D eigenvalue weighted by atomic mass is 9.98. The lowest BCUT2D eigenvalue weighted by Crippen LogP contribution is -2.18. The Hall–Kier alpha value is -3.67. The van der Waals surface area contributed by atoms with Gasteiger partial charge in [0.15, 0.2) is 0 Å². The van der Waals surface area contributed by atoms with E-state index in [1.54, 1.807) is 12.1 Å². The van der Waals surface area contributed by atoms with Gasteiger partial charge in [0.25, 0.3) is 5.69 Å². The standard InChI is InChI=1S/C23H22N4O2/c1-25(2)19-10-8-18(9-11-19)23-16-22(17-6-4-3-5-7-17)24-26(23)20-12-14-21(15-13-20)27(28)29/h3-15,23H,16H2,1-2H3. The fourth-order valence-electron chi connectivity index (χ4n) is 3.53. The van der Waals surface area contributed by atoms with E-state index in [0.29, 0.717) is 0 Å². The zero-order chi connectivity index (χ0) is 20.4. The molecule has 1 unspecified atom stereocenters. The zero-order valence-corrected chi connectivity index (χ0v) is 16.4. The van der Waals surface area contributed by atoms with Gasteiger partial charge in [0.05, 0.1) is 22.4 Å². The number of nitro benzene ring substituents is 1. The van der Waals surface area contributed by atoms with Crippen LogP contribution in [0.4, 0.5) is 17.1 Å². The Morgan fingerprint density at radius 1 is 0.966 bits per heavy atom. The fraction of sp³-hybridized carbons (Fsp3) is 0.174. The van der Waals surface area contributed by atoms with Crippen molar-refractivity contribution in [2.24, 2.45) is 5.10 Å². The SMILES string of the molecule is CN(C)c1ccc(C2CC(c3ccccc3)=NN2c2ccc([N+](=O)[O-])cc2)cc1. The molecule has 0 amide bonds. The summed E-state index contributed by atoms with van der Waals surface area (Å²) in [6, 6.07) is 25.2. The van der Waals surface area contributed by atoms with E-state index in [1.165, 1.54) is 12.1 Å². The maximum Gasteiger partial charge on any atom is 0.269 e. The second-order valence-corrected chi connectivity index (χ2v) is 7.24. The summed E-state index contributed by atoms with van der Waals surface area (Å²) >= 11 is 0. The van der Waals surface area contributed by atoms with Gasteiger partial charge in [-0.2, -0.15) is 5.10 Å². The van der Waals surface area contributed by atoms with Crippen molar-refractivity contribution >= 4 is 22.8 Å². The molecule has 0 spiro atoms. The highest BCUT2D eigenvalue weighted by molar-refractivity contribution is 6.03. The molecule has 0 N–H and O–H groups in total. The fourth-order valence-corrected chi connectivity index (χ4v) is 3.53. The first-order valence-corrected chi connectivity index (χ1v) is 9.47. The summed E-state index contributed by atoms with van der Waals surface area (Å²) in [5.41, 5.74) is 5.30. The number of hydrogen-bond donors (Lipinski definition) is 0. The summed E-state index contributed by atoms with van der Waals surface area (Å²) in [6.07, 6.45) is 0.766. The minimum absolute atomic E-state index is 0.0304. The molecule has 1 atom stereocenters. The lowest BCUT2D eigenvalue weighted by molar-refractivity contribution is -0.384. The minimum Gasteiger partial charge on any atom is -0.378 e. The van der Waals surface area contributed by atoms with Crippen molar-refractivity contribution in [2.75, 3.05) is 24.0 Å². The molecule has 1 aliphatic rings. The minimum atomic E-state index is -0.385.